The summed E-state index contributed by atoms with van der Waals surface area (Å²) in [4.78, 5) is 23.2. The van der Waals surface area contributed by atoms with Crippen molar-refractivity contribution >= 4 is 23.6 Å². The molecule has 0 aliphatic heterocycles. The zero-order valence-corrected chi connectivity index (χ0v) is 11.7. The molecule has 1 atom stereocenters. The first-order chi connectivity index (χ1) is 9.17. The molecule has 102 valence electrons. The molecule has 1 aromatic carbocycles. The van der Waals surface area contributed by atoms with Crippen molar-refractivity contribution in [1.29, 1.82) is 0 Å². The van der Waals surface area contributed by atoms with Crippen LogP contribution >= 0.6 is 11.8 Å². The van der Waals surface area contributed by atoms with Crippen molar-refractivity contribution in [3.05, 3.63) is 48.6 Å². The van der Waals surface area contributed by atoms with Crippen LogP contribution in [0.2, 0.25) is 0 Å². The van der Waals surface area contributed by atoms with Crippen LogP contribution in [0.15, 0.2) is 43.0 Å². The number of carbonyl (C=O) groups is 2. The summed E-state index contributed by atoms with van der Waals surface area (Å²) >= 11 is 1.50. The van der Waals surface area contributed by atoms with Crippen molar-refractivity contribution in [2.75, 3.05) is 12.0 Å². The summed E-state index contributed by atoms with van der Waals surface area (Å²) in [6.45, 7) is 3.83. The van der Waals surface area contributed by atoms with Gasteiger partial charge in [-0.25, -0.2) is 0 Å². The molecule has 4 nitrogen and oxygen atoms in total. The molecule has 0 spiro atoms. The van der Waals surface area contributed by atoms with Crippen LogP contribution in [0.3, 0.4) is 0 Å². The van der Waals surface area contributed by atoms with E-state index in [0.29, 0.717) is 12.3 Å². The largest absolute Gasteiger partial charge is 0.350 e. The molecule has 0 aliphatic rings. The Kier molecular flexibility index (Phi) is 6.74. The smallest absolute Gasteiger partial charge is 0.244 e. The summed E-state index contributed by atoms with van der Waals surface area (Å²) in [6.07, 6.45) is 3.05. The molecule has 0 aromatic heterocycles. The lowest BCUT2D eigenvalue weighted by molar-refractivity contribution is -0.126. The fourth-order valence-corrected chi connectivity index (χ4v) is 2.06. The summed E-state index contributed by atoms with van der Waals surface area (Å²) in [5.74, 6) is 0.00234. The minimum Gasteiger partial charge on any atom is -0.350 e. The van der Waals surface area contributed by atoms with Crippen LogP contribution in [0, 0.1) is 0 Å². The third-order valence-corrected chi connectivity index (χ3v) is 3.13. The molecule has 1 rings (SSSR count). The van der Waals surface area contributed by atoms with Gasteiger partial charge >= 0.3 is 0 Å². The Balaban J connectivity index is 2.52. The minimum atomic E-state index is -0.538. The normalized spacial score (nSPS) is 11.4. The van der Waals surface area contributed by atoms with Crippen molar-refractivity contribution in [1.82, 2.24) is 10.6 Å². The molecule has 0 aliphatic carbocycles. The highest BCUT2D eigenvalue weighted by Gasteiger charge is 2.18. The Bertz CT molecular complexity index is 434. The standard InChI is InChI=1S/C14H18N2O2S/c1-3-13(17)16-12(10-19-2)14(18)15-9-11-7-5-4-6-8-11/h3-8,12H,1,9-10H2,2H3,(H,15,18)(H,16,17). The van der Waals surface area contributed by atoms with Crippen LogP contribution < -0.4 is 10.6 Å². The number of thioether (sulfide) groups is 1. The van der Waals surface area contributed by atoms with Crippen molar-refractivity contribution < 1.29 is 9.59 Å². The highest BCUT2D eigenvalue weighted by atomic mass is 32.2. The van der Waals surface area contributed by atoms with Gasteiger partial charge in [-0.1, -0.05) is 36.9 Å². The quantitative estimate of drug-likeness (QED) is 0.740. The van der Waals surface area contributed by atoms with Crippen LogP contribution in [0.4, 0.5) is 0 Å². The fourth-order valence-electron chi connectivity index (χ4n) is 1.49. The highest BCUT2D eigenvalue weighted by Crippen LogP contribution is 2.00. The third kappa shape index (κ3) is 5.61. The second-order valence-electron chi connectivity index (χ2n) is 3.92. The van der Waals surface area contributed by atoms with Gasteiger partial charge in [0.05, 0.1) is 0 Å². The van der Waals surface area contributed by atoms with E-state index in [1.165, 1.54) is 11.8 Å². The number of hydrogen-bond donors (Lipinski definition) is 2. The van der Waals surface area contributed by atoms with E-state index in [1.54, 1.807) is 0 Å². The van der Waals surface area contributed by atoms with E-state index >= 15 is 0 Å². The van der Waals surface area contributed by atoms with Gasteiger partial charge < -0.3 is 10.6 Å². The van der Waals surface area contributed by atoms with Crippen LogP contribution in [0.1, 0.15) is 5.56 Å². The monoisotopic (exact) mass is 278 g/mol. The zero-order valence-electron chi connectivity index (χ0n) is 10.9. The molecule has 5 heteroatoms. The van der Waals surface area contributed by atoms with Gasteiger partial charge in [0.2, 0.25) is 11.8 Å². The van der Waals surface area contributed by atoms with E-state index < -0.39 is 6.04 Å². The van der Waals surface area contributed by atoms with Gasteiger partial charge in [0.25, 0.3) is 0 Å². The number of amides is 2. The Morgan fingerprint density at radius 3 is 2.63 bits per heavy atom. The lowest BCUT2D eigenvalue weighted by atomic mass is 10.2. The lowest BCUT2D eigenvalue weighted by Gasteiger charge is -2.16. The average molecular weight is 278 g/mol. The molecule has 0 fully saturated rings. The first kappa shape index (κ1) is 15.3. The van der Waals surface area contributed by atoms with E-state index in [2.05, 4.69) is 17.2 Å². The predicted octanol–water partition coefficient (Wildman–Crippen LogP) is 1.34. The molecule has 0 radical (unpaired) electrons. The van der Waals surface area contributed by atoms with Gasteiger partial charge in [0.1, 0.15) is 6.04 Å². The molecule has 2 N–H and O–H groups in total. The van der Waals surface area contributed by atoms with Crippen LogP contribution in [0.25, 0.3) is 0 Å². The minimum absolute atomic E-state index is 0.187. The fraction of sp³-hybridized carbons (Fsp3) is 0.286. The first-order valence-corrected chi connectivity index (χ1v) is 7.30. The lowest BCUT2D eigenvalue weighted by Crippen LogP contribution is -2.47. The predicted molar refractivity (Wildman–Crippen MR) is 78.8 cm³/mol. The summed E-state index contributed by atoms with van der Waals surface area (Å²) in [5.41, 5.74) is 1.02. The van der Waals surface area contributed by atoms with Crippen molar-refractivity contribution in [2.24, 2.45) is 0 Å². The molecule has 0 saturated carbocycles. The molecule has 2 amide bonds. The van der Waals surface area contributed by atoms with E-state index in [0.717, 1.165) is 11.6 Å². The van der Waals surface area contributed by atoms with Gasteiger partial charge in [0, 0.05) is 12.3 Å². The number of rotatable bonds is 7. The summed E-state index contributed by atoms with van der Waals surface area (Å²) in [7, 11) is 0. The number of hydrogen-bond acceptors (Lipinski definition) is 3. The zero-order chi connectivity index (χ0) is 14.1. The SMILES string of the molecule is C=CC(=O)NC(CSC)C(=O)NCc1ccccc1. The number of benzene rings is 1. The van der Waals surface area contributed by atoms with Crippen molar-refractivity contribution in [2.45, 2.75) is 12.6 Å². The molecule has 0 saturated heterocycles. The van der Waals surface area contributed by atoms with Gasteiger partial charge in [-0.15, -0.1) is 0 Å². The Morgan fingerprint density at radius 2 is 2.05 bits per heavy atom. The molecular formula is C14H18N2O2S. The molecule has 19 heavy (non-hydrogen) atoms. The van der Waals surface area contributed by atoms with Gasteiger partial charge in [-0.2, -0.15) is 11.8 Å². The average Bonchev–Trinajstić information content (AvgIpc) is 2.45. The second-order valence-corrected chi connectivity index (χ2v) is 4.83. The van der Waals surface area contributed by atoms with E-state index in [1.807, 2.05) is 36.6 Å². The summed E-state index contributed by atoms with van der Waals surface area (Å²) in [5, 5.41) is 5.43. The summed E-state index contributed by atoms with van der Waals surface area (Å²) in [6, 6.07) is 9.09. The maximum absolute atomic E-state index is 12.0. The van der Waals surface area contributed by atoms with E-state index in [9.17, 15) is 9.59 Å². The second kappa shape index (κ2) is 8.37. The third-order valence-electron chi connectivity index (χ3n) is 2.46. The molecule has 0 bridgehead atoms. The Morgan fingerprint density at radius 1 is 1.37 bits per heavy atom. The van der Waals surface area contributed by atoms with E-state index in [4.69, 9.17) is 0 Å². The molecule has 1 aromatic rings. The maximum Gasteiger partial charge on any atom is 0.244 e. The first-order valence-electron chi connectivity index (χ1n) is 5.91. The van der Waals surface area contributed by atoms with Crippen LogP contribution in [0.5, 0.6) is 0 Å². The van der Waals surface area contributed by atoms with Gasteiger partial charge in [0.15, 0.2) is 0 Å². The highest BCUT2D eigenvalue weighted by molar-refractivity contribution is 7.98. The molecular weight excluding hydrogens is 260 g/mol. The topological polar surface area (TPSA) is 58.2 Å². The summed E-state index contributed by atoms with van der Waals surface area (Å²) < 4.78 is 0. The Hall–Kier alpha value is -1.75. The van der Waals surface area contributed by atoms with Crippen molar-refractivity contribution in [3.63, 3.8) is 0 Å². The maximum atomic E-state index is 12.0. The molecule has 0 heterocycles. The number of nitrogens with one attached hydrogen (secondary N) is 2. The van der Waals surface area contributed by atoms with Crippen LogP contribution in [-0.2, 0) is 16.1 Å². The van der Waals surface area contributed by atoms with Gasteiger partial charge in [-0.05, 0) is 17.9 Å². The van der Waals surface area contributed by atoms with Crippen molar-refractivity contribution in [3.8, 4) is 0 Å². The Labute approximate surface area is 117 Å². The van der Waals surface area contributed by atoms with Crippen LogP contribution in [-0.4, -0.2) is 29.9 Å². The number of carbonyl (C=O) groups excluding carboxylic acids is 2. The van der Waals surface area contributed by atoms with Gasteiger partial charge in [-0.3, -0.25) is 9.59 Å². The van der Waals surface area contributed by atoms with E-state index in [-0.39, 0.29) is 11.8 Å². The molecule has 1 unspecified atom stereocenters.